The van der Waals surface area contributed by atoms with Gasteiger partial charge in [-0.05, 0) is 37.6 Å². The minimum atomic E-state index is -0.348. The standard InChI is InChI=1S/C16H18FN3O2/c1-3-11(2)19-15(21)9-20-10-18-14(8-16(20)22)12-4-6-13(17)7-5-12/h4-8,10-11H,3,9H2,1-2H3,(H,19,21). The van der Waals surface area contributed by atoms with Crippen LogP contribution in [0.25, 0.3) is 11.3 Å². The van der Waals surface area contributed by atoms with Gasteiger partial charge in [-0.2, -0.15) is 0 Å². The second-order valence-corrected chi connectivity index (χ2v) is 5.12. The lowest BCUT2D eigenvalue weighted by Gasteiger charge is -2.12. The van der Waals surface area contributed by atoms with Crippen molar-refractivity contribution in [1.82, 2.24) is 14.9 Å². The summed E-state index contributed by atoms with van der Waals surface area (Å²) in [7, 11) is 0. The first-order valence-corrected chi connectivity index (χ1v) is 7.11. The van der Waals surface area contributed by atoms with E-state index in [9.17, 15) is 14.0 Å². The van der Waals surface area contributed by atoms with Gasteiger partial charge in [0.2, 0.25) is 5.91 Å². The van der Waals surface area contributed by atoms with E-state index >= 15 is 0 Å². The van der Waals surface area contributed by atoms with Gasteiger partial charge in [0.1, 0.15) is 12.4 Å². The molecule has 0 radical (unpaired) electrons. The summed E-state index contributed by atoms with van der Waals surface area (Å²) in [6.45, 7) is 3.80. The fourth-order valence-electron chi connectivity index (χ4n) is 1.90. The first-order chi connectivity index (χ1) is 10.5. The fraction of sp³-hybridized carbons (Fsp3) is 0.312. The quantitative estimate of drug-likeness (QED) is 0.918. The smallest absolute Gasteiger partial charge is 0.254 e. The molecule has 2 rings (SSSR count). The van der Waals surface area contributed by atoms with Gasteiger partial charge in [0.15, 0.2) is 0 Å². The Labute approximate surface area is 127 Å². The summed E-state index contributed by atoms with van der Waals surface area (Å²) in [6.07, 6.45) is 2.15. The lowest BCUT2D eigenvalue weighted by Crippen LogP contribution is -2.37. The number of benzene rings is 1. The van der Waals surface area contributed by atoms with E-state index in [2.05, 4.69) is 10.3 Å². The van der Waals surface area contributed by atoms with Crippen LogP contribution in [0, 0.1) is 5.82 Å². The van der Waals surface area contributed by atoms with Gasteiger partial charge in [-0.25, -0.2) is 9.37 Å². The first-order valence-electron chi connectivity index (χ1n) is 7.11. The topological polar surface area (TPSA) is 64.0 Å². The van der Waals surface area contributed by atoms with Gasteiger partial charge in [-0.3, -0.25) is 14.2 Å². The number of hydrogen-bond donors (Lipinski definition) is 1. The van der Waals surface area contributed by atoms with Crippen molar-refractivity contribution in [3.8, 4) is 11.3 Å². The monoisotopic (exact) mass is 303 g/mol. The molecule has 1 N–H and O–H groups in total. The Balaban J connectivity index is 2.15. The molecule has 0 spiro atoms. The van der Waals surface area contributed by atoms with Crippen LogP contribution < -0.4 is 10.9 Å². The molecule has 1 aromatic carbocycles. The van der Waals surface area contributed by atoms with E-state index < -0.39 is 0 Å². The van der Waals surface area contributed by atoms with Crippen molar-refractivity contribution in [3.63, 3.8) is 0 Å². The van der Waals surface area contributed by atoms with E-state index in [0.717, 1.165) is 6.42 Å². The molecule has 22 heavy (non-hydrogen) atoms. The molecule has 0 aliphatic rings. The number of halogens is 1. The van der Waals surface area contributed by atoms with Crippen LogP contribution in [0.3, 0.4) is 0 Å². The number of carbonyl (C=O) groups excluding carboxylic acids is 1. The average molecular weight is 303 g/mol. The van der Waals surface area contributed by atoms with Crippen LogP contribution in [-0.4, -0.2) is 21.5 Å². The Morgan fingerprint density at radius 3 is 2.64 bits per heavy atom. The number of amides is 1. The zero-order valence-corrected chi connectivity index (χ0v) is 12.5. The molecule has 2 aromatic rings. The molecular weight excluding hydrogens is 285 g/mol. The minimum Gasteiger partial charge on any atom is -0.352 e. The van der Waals surface area contributed by atoms with Crippen LogP contribution in [0.2, 0.25) is 0 Å². The average Bonchev–Trinajstić information content (AvgIpc) is 2.50. The summed E-state index contributed by atoms with van der Waals surface area (Å²) in [6, 6.07) is 7.12. The van der Waals surface area contributed by atoms with Crippen LogP contribution in [0.4, 0.5) is 4.39 Å². The summed E-state index contributed by atoms with van der Waals surface area (Å²) >= 11 is 0. The van der Waals surface area contributed by atoms with Crippen molar-refractivity contribution >= 4 is 5.91 Å². The van der Waals surface area contributed by atoms with Gasteiger partial charge in [0, 0.05) is 17.7 Å². The van der Waals surface area contributed by atoms with E-state index in [0.29, 0.717) is 11.3 Å². The van der Waals surface area contributed by atoms with E-state index in [4.69, 9.17) is 0 Å². The van der Waals surface area contributed by atoms with Crippen molar-refractivity contribution in [2.75, 3.05) is 0 Å². The number of nitrogens with zero attached hydrogens (tertiary/aromatic N) is 2. The molecule has 0 aliphatic carbocycles. The van der Waals surface area contributed by atoms with Crippen molar-refractivity contribution < 1.29 is 9.18 Å². The van der Waals surface area contributed by atoms with Crippen LogP contribution in [-0.2, 0) is 11.3 Å². The van der Waals surface area contributed by atoms with Crippen LogP contribution in [0.1, 0.15) is 20.3 Å². The Morgan fingerprint density at radius 1 is 1.36 bits per heavy atom. The van der Waals surface area contributed by atoms with Crippen molar-refractivity contribution in [1.29, 1.82) is 0 Å². The van der Waals surface area contributed by atoms with E-state index in [1.165, 1.54) is 29.1 Å². The lowest BCUT2D eigenvalue weighted by atomic mass is 10.1. The van der Waals surface area contributed by atoms with Gasteiger partial charge in [0.25, 0.3) is 5.56 Å². The highest BCUT2D eigenvalue weighted by molar-refractivity contribution is 5.76. The molecule has 5 nitrogen and oxygen atoms in total. The zero-order chi connectivity index (χ0) is 16.1. The predicted molar refractivity (Wildman–Crippen MR) is 81.8 cm³/mol. The lowest BCUT2D eigenvalue weighted by molar-refractivity contribution is -0.122. The maximum absolute atomic E-state index is 12.9. The predicted octanol–water partition coefficient (Wildman–Crippen LogP) is 1.96. The highest BCUT2D eigenvalue weighted by atomic mass is 19.1. The van der Waals surface area contributed by atoms with Gasteiger partial charge in [-0.15, -0.1) is 0 Å². The minimum absolute atomic E-state index is 0.0645. The summed E-state index contributed by atoms with van der Waals surface area (Å²) < 4.78 is 14.1. The Morgan fingerprint density at radius 2 is 2.05 bits per heavy atom. The maximum Gasteiger partial charge on any atom is 0.254 e. The number of aromatic nitrogens is 2. The normalized spacial score (nSPS) is 12.0. The largest absolute Gasteiger partial charge is 0.352 e. The molecule has 1 unspecified atom stereocenters. The Hall–Kier alpha value is -2.50. The van der Waals surface area contributed by atoms with Gasteiger partial charge in [0.05, 0.1) is 12.0 Å². The Bertz CT molecular complexity index is 710. The number of rotatable bonds is 5. The van der Waals surface area contributed by atoms with Crippen molar-refractivity contribution in [3.05, 3.63) is 52.8 Å². The maximum atomic E-state index is 12.9. The first kappa shape index (κ1) is 15.9. The Kier molecular flexibility index (Phi) is 5.04. The summed E-state index contributed by atoms with van der Waals surface area (Å²) in [4.78, 5) is 28.0. The van der Waals surface area contributed by atoms with Crippen LogP contribution in [0.15, 0.2) is 41.5 Å². The molecule has 1 atom stereocenters. The fourth-order valence-corrected chi connectivity index (χ4v) is 1.90. The molecule has 0 saturated carbocycles. The molecular formula is C16H18FN3O2. The highest BCUT2D eigenvalue weighted by Gasteiger charge is 2.09. The molecule has 0 bridgehead atoms. The molecule has 1 amide bonds. The van der Waals surface area contributed by atoms with E-state index in [-0.39, 0.29) is 29.9 Å². The molecule has 1 heterocycles. The summed E-state index contributed by atoms with van der Waals surface area (Å²) in [5, 5.41) is 2.79. The zero-order valence-electron chi connectivity index (χ0n) is 12.5. The summed E-state index contributed by atoms with van der Waals surface area (Å²) in [5.41, 5.74) is 0.770. The van der Waals surface area contributed by atoms with Crippen molar-refractivity contribution in [2.24, 2.45) is 0 Å². The third kappa shape index (κ3) is 4.00. The number of hydrogen-bond acceptors (Lipinski definition) is 3. The molecule has 0 saturated heterocycles. The molecule has 1 aromatic heterocycles. The van der Waals surface area contributed by atoms with Crippen LogP contribution in [0.5, 0.6) is 0 Å². The van der Waals surface area contributed by atoms with Crippen molar-refractivity contribution in [2.45, 2.75) is 32.9 Å². The second kappa shape index (κ2) is 6.98. The van der Waals surface area contributed by atoms with Gasteiger partial charge in [-0.1, -0.05) is 6.92 Å². The van der Waals surface area contributed by atoms with E-state index in [1.54, 1.807) is 12.1 Å². The van der Waals surface area contributed by atoms with Gasteiger partial charge >= 0.3 is 0 Å². The van der Waals surface area contributed by atoms with Crippen LogP contribution >= 0.6 is 0 Å². The highest BCUT2D eigenvalue weighted by Crippen LogP contribution is 2.14. The SMILES string of the molecule is CCC(C)NC(=O)Cn1cnc(-c2ccc(F)cc2)cc1=O. The molecule has 6 heteroatoms. The van der Waals surface area contributed by atoms with Gasteiger partial charge < -0.3 is 5.32 Å². The number of nitrogens with one attached hydrogen (secondary N) is 1. The molecule has 0 aliphatic heterocycles. The third-order valence-corrected chi connectivity index (χ3v) is 3.35. The molecule has 116 valence electrons. The molecule has 0 fully saturated rings. The third-order valence-electron chi connectivity index (χ3n) is 3.35. The number of carbonyl (C=O) groups is 1. The second-order valence-electron chi connectivity index (χ2n) is 5.12. The summed E-state index contributed by atoms with van der Waals surface area (Å²) in [5.74, 6) is -0.577. The van der Waals surface area contributed by atoms with E-state index in [1.807, 2.05) is 13.8 Å².